The lowest BCUT2D eigenvalue weighted by molar-refractivity contribution is 0.0457. The Morgan fingerprint density at radius 1 is 0.600 bits per heavy atom. The zero-order valence-corrected chi connectivity index (χ0v) is 20.5. The van der Waals surface area contributed by atoms with Gasteiger partial charge in [0, 0.05) is 17.8 Å². The van der Waals surface area contributed by atoms with Crippen molar-refractivity contribution in [2.24, 2.45) is 0 Å². The number of rotatable bonds is 8. The molecule has 0 amide bonds. The first-order chi connectivity index (χ1) is 16.8. The third-order valence-electron chi connectivity index (χ3n) is 6.52. The van der Waals surface area contributed by atoms with Gasteiger partial charge in [-0.1, -0.05) is 60.7 Å². The predicted molar refractivity (Wildman–Crippen MR) is 134 cm³/mol. The van der Waals surface area contributed by atoms with Gasteiger partial charge in [-0.15, -0.1) is 0 Å². The van der Waals surface area contributed by atoms with Crippen LogP contribution in [0.1, 0.15) is 65.7 Å². The molecule has 0 unspecified atom stereocenters. The highest BCUT2D eigenvalue weighted by Gasteiger charge is 2.22. The van der Waals surface area contributed by atoms with Gasteiger partial charge >= 0.3 is 11.9 Å². The van der Waals surface area contributed by atoms with Gasteiger partial charge in [-0.2, -0.15) is 0 Å². The minimum Gasteiger partial charge on any atom is -0.456 e. The van der Waals surface area contributed by atoms with Crippen LogP contribution < -0.4 is 0 Å². The van der Waals surface area contributed by atoms with Crippen molar-refractivity contribution < 1.29 is 19.1 Å². The van der Waals surface area contributed by atoms with Gasteiger partial charge in [-0.05, 0) is 61.1 Å². The minimum atomic E-state index is -0.384. The normalized spacial score (nSPS) is 10.9. The summed E-state index contributed by atoms with van der Waals surface area (Å²) in [6.45, 7) is 8.22. The molecule has 2 N–H and O–H groups in total. The first-order valence-electron chi connectivity index (χ1n) is 11.6. The van der Waals surface area contributed by atoms with Crippen LogP contribution in [0.3, 0.4) is 0 Å². The van der Waals surface area contributed by atoms with Gasteiger partial charge in [0.05, 0.1) is 0 Å². The Kier molecular flexibility index (Phi) is 7.20. The fourth-order valence-corrected chi connectivity index (χ4v) is 4.03. The van der Waals surface area contributed by atoms with Crippen molar-refractivity contribution in [3.05, 3.63) is 117 Å². The van der Waals surface area contributed by atoms with Crippen molar-refractivity contribution in [3.8, 4) is 0 Å². The average molecular weight is 471 g/mol. The number of benzene rings is 2. The number of carbonyl (C=O) groups excluding carboxylic acids is 2. The second-order valence-electron chi connectivity index (χ2n) is 8.76. The van der Waals surface area contributed by atoms with Crippen LogP contribution >= 0.6 is 0 Å². The van der Waals surface area contributed by atoms with Crippen molar-refractivity contribution in [2.45, 2.75) is 47.3 Å². The quantitative estimate of drug-likeness (QED) is 0.315. The van der Waals surface area contributed by atoms with Crippen LogP contribution in [-0.2, 0) is 29.1 Å². The van der Waals surface area contributed by atoms with Gasteiger partial charge < -0.3 is 19.4 Å². The van der Waals surface area contributed by atoms with Crippen LogP contribution in [0, 0.1) is 27.7 Å². The summed E-state index contributed by atoms with van der Waals surface area (Å²) in [6.07, 6.45) is 0.525. The lowest BCUT2D eigenvalue weighted by Crippen LogP contribution is -2.08. The molecule has 180 valence electrons. The van der Waals surface area contributed by atoms with E-state index in [-0.39, 0.29) is 25.2 Å². The highest BCUT2D eigenvalue weighted by atomic mass is 16.5. The summed E-state index contributed by atoms with van der Waals surface area (Å²) in [4.78, 5) is 32.0. The molecule has 6 heteroatoms. The average Bonchev–Trinajstić information content (AvgIpc) is 3.32. The largest absolute Gasteiger partial charge is 0.456 e. The molecule has 2 aromatic heterocycles. The van der Waals surface area contributed by atoms with E-state index in [1.165, 1.54) is 0 Å². The minimum absolute atomic E-state index is 0.218. The van der Waals surface area contributed by atoms with Crippen molar-refractivity contribution in [1.29, 1.82) is 0 Å². The fraction of sp³-hybridized carbons (Fsp3) is 0.241. The van der Waals surface area contributed by atoms with E-state index in [0.29, 0.717) is 17.8 Å². The fourth-order valence-electron chi connectivity index (χ4n) is 4.03. The summed E-state index contributed by atoms with van der Waals surface area (Å²) in [7, 11) is 0. The number of H-pyrrole nitrogens is 2. The van der Waals surface area contributed by atoms with Gasteiger partial charge in [-0.3, -0.25) is 0 Å². The second kappa shape index (κ2) is 10.5. The van der Waals surface area contributed by atoms with E-state index < -0.39 is 0 Å². The Balaban J connectivity index is 1.47. The monoisotopic (exact) mass is 470 g/mol. The van der Waals surface area contributed by atoms with Crippen molar-refractivity contribution in [2.75, 3.05) is 0 Å². The van der Waals surface area contributed by atoms with Gasteiger partial charge in [0.25, 0.3) is 0 Å². The SMILES string of the molecule is Cc1c(Cc2[nH]c(C(=O)OCc3ccccc3)c(C)c2C)[nH]c(C(=O)OCc2ccccc2)c1C. The van der Waals surface area contributed by atoms with Gasteiger partial charge in [0.2, 0.25) is 0 Å². The molecule has 0 saturated carbocycles. The number of hydrogen-bond acceptors (Lipinski definition) is 4. The number of esters is 2. The number of aromatic amines is 2. The molecule has 2 heterocycles. The second-order valence-corrected chi connectivity index (χ2v) is 8.76. The van der Waals surface area contributed by atoms with Crippen molar-refractivity contribution in [1.82, 2.24) is 9.97 Å². The van der Waals surface area contributed by atoms with Gasteiger partial charge in [-0.25, -0.2) is 9.59 Å². The van der Waals surface area contributed by atoms with E-state index in [0.717, 1.165) is 44.8 Å². The molecular formula is C29H30N2O4. The molecule has 35 heavy (non-hydrogen) atoms. The van der Waals surface area contributed by atoms with E-state index in [9.17, 15) is 9.59 Å². The Bertz CT molecular complexity index is 1230. The molecule has 4 aromatic rings. The van der Waals surface area contributed by atoms with Crippen LogP contribution in [0.4, 0.5) is 0 Å². The maximum Gasteiger partial charge on any atom is 0.355 e. The number of carbonyl (C=O) groups is 2. The molecular weight excluding hydrogens is 440 g/mol. The summed E-state index contributed by atoms with van der Waals surface area (Å²) < 4.78 is 11.0. The summed E-state index contributed by atoms with van der Waals surface area (Å²) in [5, 5.41) is 0. The van der Waals surface area contributed by atoms with Gasteiger partial charge in [0.1, 0.15) is 24.6 Å². The van der Waals surface area contributed by atoms with E-state index in [1.807, 2.05) is 88.4 Å². The lowest BCUT2D eigenvalue weighted by atomic mass is 10.1. The van der Waals surface area contributed by atoms with Crippen LogP contribution in [0.25, 0.3) is 0 Å². The summed E-state index contributed by atoms with van der Waals surface area (Å²) in [5.74, 6) is -0.768. The Hall–Kier alpha value is -4.06. The molecule has 4 rings (SSSR count). The number of aromatic nitrogens is 2. The van der Waals surface area contributed by atoms with E-state index in [1.54, 1.807) is 0 Å². The highest BCUT2D eigenvalue weighted by molar-refractivity contribution is 5.90. The van der Waals surface area contributed by atoms with Crippen molar-refractivity contribution in [3.63, 3.8) is 0 Å². The zero-order chi connectivity index (χ0) is 24.9. The molecule has 0 atom stereocenters. The topological polar surface area (TPSA) is 84.2 Å². The van der Waals surface area contributed by atoms with Crippen molar-refractivity contribution >= 4 is 11.9 Å². The smallest absolute Gasteiger partial charge is 0.355 e. The molecule has 2 aromatic carbocycles. The van der Waals surface area contributed by atoms with Crippen LogP contribution in [-0.4, -0.2) is 21.9 Å². The molecule has 0 aliphatic rings. The number of nitrogens with one attached hydrogen (secondary N) is 2. The maximum absolute atomic E-state index is 12.7. The lowest BCUT2D eigenvalue weighted by Gasteiger charge is -2.04. The Labute approximate surface area is 205 Å². The van der Waals surface area contributed by atoms with E-state index in [4.69, 9.17) is 9.47 Å². The third kappa shape index (κ3) is 5.38. The van der Waals surface area contributed by atoms with Gasteiger partial charge in [0.15, 0.2) is 0 Å². The Morgan fingerprint density at radius 2 is 0.971 bits per heavy atom. The summed E-state index contributed by atoms with van der Waals surface area (Å²) >= 11 is 0. The molecule has 0 saturated heterocycles. The molecule has 0 aliphatic heterocycles. The molecule has 0 aliphatic carbocycles. The zero-order valence-electron chi connectivity index (χ0n) is 20.5. The van der Waals surface area contributed by atoms with E-state index >= 15 is 0 Å². The Morgan fingerprint density at radius 3 is 1.34 bits per heavy atom. The number of hydrogen-bond donors (Lipinski definition) is 2. The first kappa shape index (κ1) is 24.1. The highest BCUT2D eigenvalue weighted by Crippen LogP contribution is 2.25. The maximum atomic E-state index is 12.7. The van der Waals surface area contributed by atoms with Crippen LogP contribution in [0.5, 0.6) is 0 Å². The van der Waals surface area contributed by atoms with Crippen LogP contribution in [0.15, 0.2) is 60.7 Å². The third-order valence-corrected chi connectivity index (χ3v) is 6.52. The molecule has 0 fully saturated rings. The number of ether oxygens (including phenoxy) is 2. The summed E-state index contributed by atoms with van der Waals surface area (Å²) in [5.41, 5.74) is 8.31. The first-order valence-corrected chi connectivity index (χ1v) is 11.6. The van der Waals surface area contributed by atoms with E-state index in [2.05, 4.69) is 9.97 Å². The van der Waals surface area contributed by atoms with Crippen LogP contribution in [0.2, 0.25) is 0 Å². The molecule has 0 radical (unpaired) electrons. The molecule has 6 nitrogen and oxygen atoms in total. The summed E-state index contributed by atoms with van der Waals surface area (Å²) in [6, 6.07) is 19.2. The molecule has 0 bridgehead atoms. The predicted octanol–water partition coefficient (Wildman–Crippen LogP) is 5.88. The standard InChI is InChI=1S/C29H30N2O4/c1-18-20(3)26(28(32)34-16-22-11-7-5-8-12-22)30-24(18)15-25-19(2)21(4)27(31-25)29(33)35-17-23-13-9-6-10-14-23/h5-14,30-31H,15-17H2,1-4H3. The molecule has 0 spiro atoms.